The summed E-state index contributed by atoms with van der Waals surface area (Å²) in [4.78, 5) is 22.8. The number of carbonyl (C=O) groups is 2. The predicted octanol–water partition coefficient (Wildman–Crippen LogP) is 3.21. The highest BCUT2D eigenvalue weighted by atomic mass is 79.9. The van der Waals surface area contributed by atoms with Gasteiger partial charge in [-0.15, -0.1) is 0 Å². The summed E-state index contributed by atoms with van der Waals surface area (Å²) in [6.45, 7) is 3.55. The summed E-state index contributed by atoms with van der Waals surface area (Å²) in [5.41, 5.74) is -0.0230. The van der Waals surface area contributed by atoms with E-state index in [0.717, 1.165) is 0 Å². The Morgan fingerprint density at radius 2 is 2.10 bits per heavy atom. The Balaban J connectivity index is 2.75. The lowest BCUT2D eigenvalue weighted by molar-refractivity contribution is -0.140. The molecule has 0 saturated heterocycles. The number of hydrogen-bond acceptors (Lipinski definition) is 2. The van der Waals surface area contributed by atoms with Gasteiger partial charge < -0.3 is 15.7 Å². The monoisotopic (exact) mass is 346 g/mol. The molecular weight excluding hydrogens is 331 g/mol. The lowest BCUT2D eigenvalue weighted by atomic mass is 9.99. The normalized spacial score (nSPS) is 13.4. The predicted molar refractivity (Wildman–Crippen MR) is 77.1 cm³/mol. The second-order valence-electron chi connectivity index (χ2n) is 4.42. The Morgan fingerprint density at radius 3 is 2.65 bits per heavy atom. The molecule has 3 N–H and O–H groups in total. The van der Waals surface area contributed by atoms with Gasteiger partial charge in [0.05, 0.1) is 5.69 Å². The van der Waals surface area contributed by atoms with Crippen molar-refractivity contribution in [2.45, 2.75) is 26.3 Å². The zero-order valence-electron chi connectivity index (χ0n) is 11.1. The largest absolute Gasteiger partial charge is 0.480 e. The summed E-state index contributed by atoms with van der Waals surface area (Å²) in [6, 6.07) is 2.32. The molecule has 5 nitrogen and oxygen atoms in total. The molecule has 1 aromatic rings. The minimum atomic E-state index is -1.12. The summed E-state index contributed by atoms with van der Waals surface area (Å²) >= 11 is 3.16. The van der Waals surface area contributed by atoms with Crippen LogP contribution in [0.1, 0.15) is 20.3 Å². The average Bonchev–Trinajstić information content (AvgIpc) is 2.39. The highest BCUT2D eigenvalue weighted by Crippen LogP contribution is 2.20. The third kappa shape index (κ3) is 4.48. The van der Waals surface area contributed by atoms with Gasteiger partial charge in [0.2, 0.25) is 0 Å². The van der Waals surface area contributed by atoms with Crippen molar-refractivity contribution < 1.29 is 19.1 Å². The van der Waals surface area contributed by atoms with Gasteiger partial charge in [-0.05, 0) is 24.1 Å². The molecule has 0 aliphatic rings. The number of hydrogen-bond donors (Lipinski definition) is 3. The van der Waals surface area contributed by atoms with E-state index in [-0.39, 0.29) is 11.6 Å². The van der Waals surface area contributed by atoms with E-state index in [1.54, 1.807) is 6.92 Å². The van der Waals surface area contributed by atoms with E-state index in [9.17, 15) is 14.0 Å². The quantitative estimate of drug-likeness (QED) is 0.765. The topological polar surface area (TPSA) is 78.4 Å². The molecule has 0 aromatic heterocycles. The van der Waals surface area contributed by atoms with Crippen molar-refractivity contribution in [2.24, 2.45) is 5.92 Å². The second kappa shape index (κ2) is 7.23. The Hall–Kier alpha value is -1.63. The summed E-state index contributed by atoms with van der Waals surface area (Å²) in [6.07, 6.45) is 0.600. The summed E-state index contributed by atoms with van der Waals surface area (Å²) in [5, 5.41) is 13.7. The Bertz CT molecular complexity index is 510. The lowest BCUT2D eigenvalue weighted by Crippen LogP contribution is -2.46. The number of carboxylic acid groups (broad SMARTS) is 1. The standard InChI is InChI=1S/C13H16BrFN2O3/c1-3-7(2)11(12(18)19)17-13(20)16-10-6-8(14)4-5-9(10)15/h4-7,11H,3H2,1-2H3,(H,18,19)(H2,16,17,20). The van der Waals surface area contributed by atoms with E-state index in [1.807, 2.05) is 6.92 Å². The van der Waals surface area contributed by atoms with Crippen molar-refractivity contribution in [1.29, 1.82) is 0 Å². The first-order valence-electron chi connectivity index (χ1n) is 6.10. The van der Waals surface area contributed by atoms with Crippen LogP contribution in [0.5, 0.6) is 0 Å². The molecule has 2 atom stereocenters. The van der Waals surface area contributed by atoms with Crippen LogP contribution in [0.25, 0.3) is 0 Å². The highest BCUT2D eigenvalue weighted by Gasteiger charge is 2.25. The molecule has 0 spiro atoms. The molecular formula is C13H16BrFN2O3. The Kier molecular flexibility index (Phi) is 5.94. The number of carbonyl (C=O) groups excluding carboxylic acids is 1. The van der Waals surface area contributed by atoms with E-state index >= 15 is 0 Å². The molecule has 2 amide bonds. The molecule has 0 bridgehead atoms. The summed E-state index contributed by atoms with van der Waals surface area (Å²) < 4.78 is 14.1. The van der Waals surface area contributed by atoms with Crippen LogP contribution in [-0.2, 0) is 4.79 Å². The first kappa shape index (κ1) is 16.4. The number of amides is 2. The maximum Gasteiger partial charge on any atom is 0.326 e. The maximum atomic E-state index is 13.5. The molecule has 2 unspecified atom stereocenters. The number of halogens is 2. The molecule has 0 aliphatic heterocycles. The van der Waals surface area contributed by atoms with Crippen LogP contribution >= 0.6 is 15.9 Å². The van der Waals surface area contributed by atoms with Crippen molar-refractivity contribution in [3.05, 3.63) is 28.5 Å². The first-order chi connectivity index (χ1) is 9.35. The molecule has 110 valence electrons. The summed E-state index contributed by atoms with van der Waals surface area (Å²) in [7, 11) is 0. The number of urea groups is 1. The van der Waals surface area contributed by atoms with Crippen molar-refractivity contribution in [2.75, 3.05) is 5.32 Å². The molecule has 0 fully saturated rings. The fraction of sp³-hybridized carbons (Fsp3) is 0.385. The molecule has 0 heterocycles. The van der Waals surface area contributed by atoms with Crippen molar-refractivity contribution in [3.8, 4) is 0 Å². The highest BCUT2D eigenvalue weighted by molar-refractivity contribution is 9.10. The average molecular weight is 347 g/mol. The molecule has 0 aliphatic carbocycles. The van der Waals surface area contributed by atoms with Crippen LogP contribution in [0.4, 0.5) is 14.9 Å². The minimum Gasteiger partial charge on any atom is -0.480 e. The third-order valence-corrected chi connectivity index (χ3v) is 3.44. The minimum absolute atomic E-state index is 0.0230. The molecule has 0 saturated carbocycles. The molecule has 1 rings (SSSR count). The molecule has 0 radical (unpaired) electrons. The van der Waals surface area contributed by atoms with E-state index < -0.39 is 23.9 Å². The second-order valence-corrected chi connectivity index (χ2v) is 5.34. The van der Waals surface area contributed by atoms with Gasteiger partial charge in [0.15, 0.2) is 0 Å². The van der Waals surface area contributed by atoms with Crippen LogP contribution in [0, 0.1) is 11.7 Å². The van der Waals surface area contributed by atoms with Crippen molar-refractivity contribution >= 4 is 33.6 Å². The van der Waals surface area contributed by atoms with Gasteiger partial charge in [-0.1, -0.05) is 36.2 Å². The Morgan fingerprint density at radius 1 is 1.45 bits per heavy atom. The number of anilines is 1. The maximum absolute atomic E-state index is 13.5. The number of rotatable bonds is 5. The SMILES string of the molecule is CCC(C)C(NC(=O)Nc1cc(Br)ccc1F)C(=O)O. The number of aliphatic carboxylic acids is 1. The van der Waals surface area contributed by atoms with Gasteiger partial charge in [-0.2, -0.15) is 0 Å². The van der Waals surface area contributed by atoms with Gasteiger partial charge >= 0.3 is 12.0 Å². The van der Waals surface area contributed by atoms with E-state index in [2.05, 4.69) is 26.6 Å². The van der Waals surface area contributed by atoms with Gasteiger partial charge in [0.25, 0.3) is 0 Å². The molecule has 7 heteroatoms. The molecule has 1 aromatic carbocycles. The Labute approximate surface area is 124 Å². The van der Waals surface area contributed by atoms with Gasteiger partial charge in [0, 0.05) is 4.47 Å². The first-order valence-corrected chi connectivity index (χ1v) is 6.89. The summed E-state index contributed by atoms with van der Waals surface area (Å²) in [5.74, 6) is -1.95. The lowest BCUT2D eigenvalue weighted by Gasteiger charge is -2.20. The van der Waals surface area contributed by atoms with Gasteiger partial charge in [0.1, 0.15) is 11.9 Å². The van der Waals surface area contributed by atoms with Crippen molar-refractivity contribution in [1.82, 2.24) is 5.32 Å². The smallest absolute Gasteiger partial charge is 0.326 e. The van der Waals surface area contributed by atoms with Gasteiger partial charge in [-0.25, -0.2) is 14.0 Å². The number of benzene rings is 1. The van der Waals surface area contributed by atoms with Crippen LogP contribution in [0.3, 0.4) is 0 Å². The van der Waals surface area contributed by atoms with E-state index in [4.69, 9.17) is 5.11 Å². The number of nitrogens with one attached hydrogen (secondary N) is 2. The van der Waals surface area contributed by atoms with E-state index in [1.165, 1.54) is 18.2 Å². The zero-order valence-corrected chi connectivity index (χ0v) is 12.7. The molecule has 20 heavy (non-hydrogen) atoms. The van der Waals surface area contributed by atoms with Crippen molar-refractivity contribution in [3.63, 3.8) is 0 Å². The van der Waals surface area contributed by atoms with Crippen LogP contribution in [-0.4, -0.2) is 23.1 Å². The fourth-order valence-corrected chi connectivity index (χ4v) is 1.94. The van der Waals surface area contributed by atoms with Crippen LogP contribution < -0.4 is 10.6 Å². The zero-order chi connectivity index (χ0) is 15.3. The van der Waals surface area contributed by atoms with Crippen LogP contribution in [0.2, 0.25) is 0 Å². The fourth-order valence-electron chi connectivity index (χ4n) is 1.58. The van der Waals surface area contributed by atoms with E-state index in [0.29, 0.717) is 10.9 Å². The third-order valence-electron chi connectivity index (χ3n) is 2.94. The van der Waals surface area contributed by atoms with Crippen LogP contribution in [0.15, 0.2) is 22.7 Å². The van der Waals surface area contributed by atoms with Gasteiger partial charge in [-0.3, -0.25) is 0 Å². The number of carboxylic acids is 1.